The first-order chi connectivity index (χ1) is 9.52. The number of halogens is 1. The zero-order valence-corrected chi connectivity index (χ0v) is 12.0. The molecule has 1 heterocycles. The maximum atomic E-state index is 12.0. The van der Waals surface area contributed by atoms with Crippen molar-refractivity contribution in [2.45, 2.75) is 6.92 Å². The van der Waals surface area contributed by atoms with Crippen molar-refractivity contribution in [1.82, 2.24) is 15.2 Å². The highest BCUT2D eigenvalue weighted by Crippen LogP contribution is 2.20. The van der Waals surface area contributed by atoms with Gasteiger partial charge in [0.2, 0.25) is 5.11 Å². The number of azo groups is 1. The fourth-order valence-corrected chi connectivity index (χ4v) is 1.82. The van der Waals surface area contributed by atoms with Crippen molar-refractivity contribution in [3.8, 4) is 0 Å². The molecule has 104 valence electrons. The number of aromatic amines is 1. The minimum absolute atomic E-state index is 0.0438. The zero-order valence-electron chi connectivity index (χ0n) is 10.4. The van der Waals surface area contributed by atoms with E-state index in [4.69, 9.17) is 29.7 Å². The summed E-state index contributed by atoms with van der Waals surface area (Å²) in [7, 11) is 0. The first-order valence-corrected chi connectivity index (χ1v) is 6.31. The van der Waals surface area contributed by atoms with Gasteiger partial charge in [-0.05, 0) is 37.3 Å². The Balaban J connectivity index is 2.37. The lowest BCUT2D eigenvalue weighted by Gasteiger charge is -1.99. The first-order valence-electron chi connectivity index (χ1n) is 5.53. The Bertz CT molecular complexity index is 735. The molecule has 0 amide bonds. The third kappa shape index (κ3) is 2.93. The Hall–Kier alpha value is -2.03. The fourth-order valence-electron chi connectivity index (χ4n) is 1.51. The molecule has 0 saturated carbocycles. The third-order valence-corrected chi connectivity index (χ3v) is 2.98. The predicted octanol–water partition coefficient (Wildman–Crippen LogP) is 2.15. The summed E-state index contributed by atoms with van der Waals surface area (Å²) in [5, 5.41) is 11.2. The second kappa shape index (κ2) is 5.95. The van der Waals surface area contributed by atoms with Crippen molar-refractivity contribution in [3.63, 3.8) is 0 Å². The fraction of sp³-hybridized carbons (Fsp3) is 0.0909. The van der Waals surface area contributed by atoms with Gasteiger partial charge in [-0.1, -0.05) is 17.7 Å². The van der Waals surface area contributed by atoms with Gasteiger partial charge in [0.1, 0.15) is 0 Å². The van der Waals surface area contributed by atoms with E-state index in [9.17, 15) is 4.79 Å². The molecule has 0 aliphatic heterocycles. The van der Waals surface area contributed by atoms with Gasteiger partial charge in [-0.25, -0.2) is 5.84 Å². The van der Waals surface area contributed by atoms with Gasteiger partial charge < -0.3 is 0 Å². The van der Waals surface area contributed by atoms with E-state index >= 15 is 0 Å². The first kappa shape index (κ1) is 14.4. The Morgan fingerprint density at radius 2 is 2.25 bits per heavy atom. The van der Waals surface area contributed by atoms with Crippen LogP contribution in [0.4, 0.5) is 11.4 Å². The summed E-state index contributed by atoms with van der Waals surface area (Å²) in [5.74, 6) is 5.17. The second-order valence-electron chi connectivity index (χ2n) is 3.86. The minimum atomic E-state index is -0.434. The van der Waals surface area contributed by atoms with E-state index in [0.717, 1.165) is 4.68 Å². The van der Waals surface area contributed by atoms with Crippen LogP contribution in [0, 0.1) is 6.92 Å². The van der Waals surface area contributed by atoms with Crippen LogP contribution in [0.25, 0.3) is 0 Å². The van der Waals surface area contributed by atoms with Gasteiger partial charge in [0.05, 0.1) is 11.4 Å². The zero-order chi connectivity index (χ0) is 14.7. The van der Waals surface area contributed by atoms with E-state index in [1.165, 1.54) is 0 Å². The topological polar surface area (TPSA) is 101 Å². The molecule has 0 unspecified atom stereocenters. The summed E-state index contributed by atoms with van der Waals surface area (Å²) in [6.07, 6.45) is 0. The summed E-state index contributed by atoms with van der Waals surface area (Å²) in [5.41, 5.74) is 3.01. The van der Waals surface area contributed by atoms with E-state index in [1.807, 2.05) is 0 Å². The summed E-state index contributed by atoms with van der Waals surface area (Å²) in [4.78, 5) is 12.0. The number of aryl methyl sites for hydroxylation is 1. The lowest BCUT2D eigenvalue weighted by Crippen LogP contribution is -2.39. The van der Waals surface area contributed by atoms with Gasteiger partial charge in [-0.3, -0.25) is 15.3 Å². The highest BCUT2D eigenvalue weighted by atomic mass is 35.5. The third-order valence-electron chi connectivity index (χ3n) is 2.44. The van der Waals surface area contributed by atoms with Crippen molar-refractivity contribution >= 4 is 40.3 Å². The lowest BCUT2D eigenvalue weighted by atomic mass is 10.3. The number of H-pyrrole nitrogens is 1. The molecule has 0 aliphatic rings. The molecule has 4 N–H and O–H groups in total. The van der Waals surface area contributed by atoms with Gasteiger partial charge in [-0.15, -0.1) is 5.11 Å². The molecular weight excluding hydrogens is 300 g/mol. The van der Waals surface area contributed by atoms with Gasteiger partial charge in [-0.2, -0.15) is 9.80 Å². The van der Waals surface area contributed by atoms with Crippen LogP contribution in [-0.2, 0) is 0 Å². The average Bonchev–Trinajstić information content (AvgIpc) is 2.71. The number of aromatic nitrogens is 2. The molecule has 2 aromatic rings. The highest BCUT2D eigenvalue weighted by molar-refractivity contribution is 7.80. The van der Waals surface area contributed by atoms with Crippen molar-refractivity contribution in [2.75, 3.05) is 0 Å². The highest BCUT2D eigenvalue weighted by Gasteiger charge is 2.12. The molecule has 0 saturated heterocycles. The van der Waals surface area contributed by atoms with Crippen molar-refractivity contribution in [2.24, 2.45) is 16.1 Å². The molecule has 2 rings (SSSR count). The van der Waals surface area contributed by atoms with Crippen molar-refractivity contribution < 1.29 is 0 Å². The SMILES string of the molecule is Cc1[nH]n(C(=S)NN)c(=O)c1N=Nc1cccc(Cl)c1. The lowest BCUT2D eigenvalue weighted by molar-refractivity contribution is 0.840. The van der Waals surface area contributed by atoms with Crippen LogP contribution >= 0.6 is 23.8 Å². The van der Waals surface area contributed by atoms with Crippen LogP contribution in [0.5, 0.6) is 0 Å². The van der Waals surface area contributed by atoms with Crippen LogP contribution in [-0.4, -0.2) is 14.9 Å². The van der Waals surface area contributed by atoms with Crippen molar-refractivity contribution in [3.05, 3.63) is 45.3 Å². The van der Waals surface area contributed by atoms with Crippen LogP contribution in [0.15, 0.2) is 39.3 Å². The quantitative estimate of drug-likeness (QED) is 0.342. The molecule has 1 aromatic heterocycles. The van der Waals surface area contributed by atoms with E-state index < -0.39 is 5.56 Å². The Morgan fingerprint density at radius 1 is 1.50 bits per heavy atom. The standard InChI is InChI=1S/C11H11ClN6OS/c1-6-9(10(19)18(17-6)11(20)14-13)16-15-8-4-2-3-7(12)5-8/h2-5,17H,13H2,1H3,(H,14,20). The second-order valence-corrected chi connectivity index (χ2v) is 4.68. The van der Waals surface area contributed by atoms with E-state index in [1.54, 1.807) is 31.2 Å². The summed E-state index contributed by atoms with van der Waals surface area (Å²) in [6, 6.07) is 6.83. The van der Waals surface area contributed by atoms with Gasteiger partial charge in [0.25, 0.3) is 0 Å². The predicted molar refractivity (Wildman–Crippen MR) is 80.7 cm³/mol. The number of hydrazine groups is 1. The Kier molecular flexibility index (Phi) is 4.28. The maximum Gasteiger partial charge on any atom is 0.301 e. The van der Waals surface area contributed by atoms with Crippen molar-refractivity contribution in [1.29, 1.82) is 0 Å². The molecule has 9 heteroatoms. The molecule has 20 heavy (non-hydrogen) atoms. The number of nitrogens with zero attached hydrogens (tertiary/aromatic N) is 3. The Labute approximate surface area is 124 Å². The largest absolute Gasteiger partial charge is 0.301 e. The summed E-state index contributed by atoms with van der Waals surface area (Å²) < 4.78 is 1.08. The normalized spacial score (nSPS) is 10.9. The van der Waals surface area contributed by atoms with E-state index in [-0.39, 0.29) is 10.8 Å². The molecule has 0 aliphatic carbocycles. The van der Waals surface area contributed by atoms with E-state index in [0.29, 0.717) is 16.4 Å². The Morgan fingerprint density at radius 3 is 2.90 bits per heavy atom. The number of thiocarbonyl (C=S) groups is 1. The number of rotatable bonds is 2. The molecule has 0 fully saturated rings. The van der Waals surface area contributed by atoms with Gasteiger partial charge >= 0.3 is 5.56 Å². The number of hydrogen-bond donors (Lipinski definition) is 3. The number of nitrogens with two attached hydrogens (primary N) is 1. The molecule has 0 radical (unpaired) electrons. The van der Waals surface area contributed by atoms with Crippen LogP contribution in [0.1, 0.15) is 5.69 Å². The minimum Gasteiger partial charge on any atom is -0.299 e. The van der Waals surface area contributed by atoms with E-state index in [2.05, 4.69) is 20.8 Å². The summed E-state index contributed by atoms with van der Waals surface area (Å²) >= 11 is 10.7. The number of benzene rings is 1. The molecular formula is C11H11ClN6OS. The maximum absolute atomic E-state index is 12.0. The number of hydrogen-bond acceptors (Lipinski definition) is 5. The van der Waals surface area contributed by atoms with Gasteiger partial charge in [0.15, 0.2) is 5.69 Å². The van der Waals surface area contributed by atoms with Crippen LogP contribution in [0.2, 0.25) is 5.02 Å². The van der Waals surface area contributed by atoms with Gasteiger partial charge in [0, 0.05) is 5.02 Å². The summed E-state index contributed by atoms with van der Waals surface area (Å²) in [6.45, 7) is 1.68. The number of nitrogens with one attached hydrogen (secondary N) is 2. The molecule has 1 aromatic carbocycles. The molecule has 0 bridgehead atoms. The molecule has 7 nitrogen and oxygen atoms in total. The smallest absolute Gasteiger partial charge is 0.299 e. The molecule has 0 spiro atoms. The molecule has 0 atom stereocenters. The monoisotopic (exact) mass is 310 g/mol. The van der Waals surface area contributed by atoms with Crippen LogP contribution < -0.4 is 16.8 Å². The van der Waals surface area contributed by atoms with Crippen LogP contribution in [0.3, 0.4) is 0 Å². The average molecular weight is 311 g/mol.